The van der Waals surface area contributed by atoms with Gasteiger partial charge in [0.1, 0.15) is 0 Å². The molecular formula is C13H9N3O2. The Morgan fingerprint density at radius 2 is 2.11 bits per heavy atom. The molecule has 1 N–H and O–H groups in total. The third kappa shape index (κ3) is 1.62. The van der Waals surface area contributed by atoms with Gasteiger partial charge >= 0.3 is 5.97 Å². The van der Waals surface area contributed by atoms with E-state index in [1.165, 1.54) is 0 Å². The molecule has 5 heteroatoms. The van der Waals surface area contributed by atoms with Gasteiger partial charge < -0.3 is 5.11 Å². The number of aromatic carboxylic acids is 1. The van der Waals surface area contributed by atoms with E-state index in [1.54, 1.807) is 35.3 Å². The molecule has 0 radical (unpaired) electrons. The average molecular weight is 239 g/mol. The van der Waals surface area contributed by atoms with Gasteiger partial charge in [0.2, 0.25) is 0 Å². The summed E-state index contributed by atoms with van der Waals surface area (Å²) in [6, 6.07) is 10.5. The van der Waals surface area contributed by atoms with Crippen LogP contribution in [0, 0.1) is 0 Å². The fourth-order valence-electron chi connectivity index (χ4n) is 1.83. The molecule has 3 aromatic rings. The van der Waals surface area contributed by atoms with Crippen LogP contribution in [0.4, 0.5) is 0 Å². The highest BCUT2D eigenvalue weighted by Crippen LogP contribution is 2.18. The Labute approximate surface area is 102 Å². The van der Waals surface area contributed by atoms with Crippen molar-refractivity contribution in [2.75, 3.05) is 0 Å². The molecule has 0 fully saturated rings. The van der Waals surface area contributed by atoms with Crippen molar-refractivity contribution in [2.24, 2.45) is 0 Å². The summed E-state index contributed by atoms with van der Waals surface area (Å²) in [6.45, 7) is 0. The topological polar surface area (TPSA) is 68.0 Å². The summed E-state index contributed by atoms with van der Waals surface area (Å²) in [4.78, 5) is 15.1. The lowest BCUT2D eigenvalue weighted by Gasteiger charge is -2.01. The molecule has 18 heavy (non-hydrogen) atoms. The summed E-state index contributed by atoms with van der Waals surface area (Å²) in [6.07, 6.45) is 3.32. The van der Waals surface area contributed by atoms with E-state index in [2.05, 4.69) is 10.1 Å². The molecule has 0 bridgehead atoms. The van der Waals surface area contributed by atoms with Crippen LogP contribution in [0.2, 0.25) is 0 Å². The Morgan fingerprint density at radius 1 is 1.22 bits per heavy atom. The van der Waals surface area contributed by atoms with Crippen molar-refractivity contribution in [3.8, 4) is 5.82 Å². The van der Waals surface area contributed by atoms with Crippen molar-refractivity contribution >= 4 is 16.9 Å². The number of pyridine rings is 1. The summed E-state index contributed by atoms with van der Waals surface area (Å²) in [7, 11) is 0. The Hall–Kier alpha value is -2.69. The molecule has 2 heterocycles. The molecule has 0 atom stereocenters. The summed E-state index contributed by atoms with van der Waals surface area (Å²) in [5, 5.41) is 13.9. The van der Waals surface area contributed by atoms with Crippen molar-refractivity contribution in [2.45, 2.75) is 0 Å². The van der Waals surface area contributed by atoms with E-state index in [0.29, 0.717) is 5.82 Å². The summed E-state index contributed by atoms with van der Waals surface area (Å²) in [5.41, 5.74) is 1.08. The van der Waals surface area contributed by atoms with E-state index in [1.807, 2.05) is 18.2 Å². The minimum Gasteiger partial charge on any atom is -0.478 e. The van der Waals surface area contributed by atoms with Crippen LogP contribution < -0.4 is 0 Å². The van der Waals surface area contributed by atoms with E-state index >= 15 is 0 Å². The van der Waals surface area contributed by atoms with Gasteiger partial charge in [0, 0.05) is 11.6 Å². The maximum atomic E-state index is 10.9. The van der Waals surface area contributed by atoms with Crippen LogP contribution in [-0.4, -0.2) is 25.8 Å². The molecule has 88 valence electrons. The molecule has 3 rings (SSSR count). The first-order chi connectivity index (χ1) is 8.75. The zero-order valence-corrected chi connectivity index (χ0v) is 9.32. The van der Waals surface area contributed by atoms with Gasteiger partial charge in [0.05, 0.1) is 17.3 Å². The Morgan fingerprint density at radius 3 is 2.83 bits per heavy atom. The number of nitrogens with zero attached hydrogens (tertiary/aromatic N) is 3. The lowest BCUT2D eigenvalue weighted by Crippen LogP contribution is -1.99. The standard InChI is InChI=1S/C13H9N3O2/c17-13(18)9-4-5-11-10(7-9)8-15-16(11)12-3-1-2-6-14-12/h1-8H,(H,17,18). The minimum absolute atomic E-state index is 0.253. The number of hydrogen-bond acceptors (Lipinski definition) is 3. The molecule has 0 amide bonds. The lowest BCUT2D eigenvalue weighted by atomic mass is 10.1. The quantitative estimate of drug-likeness (QED) is 0.743. The van der Waals surface area contributed by atoms with Crippen LogP contribution in [0.1, 0.15) is 10.4 Å². The first-order valence-electron chi connectivity index (χ1n) is 5.38. The maximum absolute atomic E-state index is 10.9. The summed E-state index contributed by atoms with van der Waals surface area (Å²) in [5.74, 6) is -0.238. The number of rotatable bonds is 2. The molecule has 0 saturated carbocycles. The SMILES string of the molecule is O=C(O)c1ccc2c(cnn2-c2ccccn2)c1. The molecular weight excluding hydrogens is 230 g/mol. The lowest BCUT2D eigenvalue weighted by molar-refractivity contribution is 0.0697. The van der Waals surface area contributed by atoms with Gasteiger partial charge in [-0.25, -0.2) is 14.5 Å². The predicted molar refractivity (Wildman–Crippen MR) is 65.8 cm³/mol. The third-order valence-electron chi connectivity index (χ3n) is 2.68. The second-order valence-electron chi connectivity index (χ2n) is 3.82. The molecule has 0 aliphatic heterocycles. The largest absolute Gasteiger partial charge is 0.478 e. The predicted octanol–water partition coefficient (Wildman–Crippen LogP) is 2.12. The molecule has 5 nitrogen and oxygen atoms in total. The van der Waals surface area contributed by atoms with Crippen LogP contribution in [0.3, 0.4) is 0 Å². The fourth-order valence-corrected chi connectivity index (χ4v) is 1.83. The van der Waals surface area contributed by atoms with E-state index in [9.17, 15) is 4.79 Å². The van der Waals surface area contributed by atoms with Crippen LogP contribution in [-0.2, 0) is 0 Å². The highest BCUT2D eigenvalue weighted by molar-refractivity contribution is 5.93. The first kappa shape index (κ1) is 10.5. The average Bonchev–Trinajstić information content (AvgIpc) is 2.82. The second kappa shape index (κ2) is 3.96. The molecule has 0 spiro atoms. The van der Waals surface area contributed by atoms with Crippen LogP contribution in [0.15, 0.2) is 48.8 Å². The number of carboxylic acids is 1. The minimum atomic E-state index is -0.942. The van der Waals surface area contributed by atoms with Gasteiger partial charge in [-0.3, -0.25) is 0 Å². The van der Waals surface area contributed by atoms with E-state index in [4.69, 9.17) is 5.11 Å². The molecule has 0 aliphatic carbocycles. The Bertz CT molecular complexity index is 719. The van der Waals surface area contributed by atoms with Gasteiger partial charge in [-0.2, -0.15) is 5.10 Å². The molecule has 0 aliphatic rings. The zero-order valence-electron chi connectivity index (χ0n) is 9.32. The third-order valence-corrected chi connectivity index (χ3v) is 2.68. The Balaban J connectivity index is 2.19. The molecule has 0 saturated heterocycles. The zero-order chi connectivity index (χ0) is 12.5. The van der Waals surface area contributed by atoms with E-state index < -0.39 is 5.97 Å². The normalized spacial score (nSPS) is 10.7. The summed E-state index contributed by atoms with van der Waals surface area (Å²) >= 11 is 0. The number of aromatic nitrogens is 3. The number of carboxylic acid groups (broad SMARTS) is 1. The highest BCUT2D eigenvalue weighted by atomic mass is 16.4. The number of hydrogen-bond donors (Lipinski definition) is 1. The number of fused-ring (bicyclic) bond motifs is 1. The van der Waals surface area contributed by atoms with Crippen molar-refractivity contribution in [3.63, 3.8) is 0 Å². The van der Waals surface area contributed by atoms with Crippen LogP contribution in [0.5, 0.6) is 0 Å². The van der Waals surface area contributed by atoms with E-state index in [-0.39, 0.29) is 5.56 Å². The van der Waals surface area contributed by atoms with Crippen molar-refractivity contribution in [1.82, 2.24) is 14.8 Å². The monoisotopic (exact) mass is 239 g/mol. The van der Waals surface area contributed by atoms with Crippen LogP contribution in [0.25, 0.3) is 16.7 Å². The van der Waals surface area contributed by atoms with Crippen molar-refractivity contribution in [1.29, 1.82) is 0 Å². The fraction of sp³-hybridized carbons (Fsp3) is 0. The first-order valence-corrected chi connectivity index (χ1v) is 5.38. The smallest absolute Gasteiger partial charge is 0.335 e. The second-order valence-corrected chi connectivity index (χ2v) is 3.82. The molecule has 0 unspecified atom stereocenters. The number of benzene rings is 1. The summed E-state index contributed by atoms with van der Waals surface area (Å²) < 4.78 is 1.68. The van der Waals surface area contributed by atoms with E-state index in [0.717, 1.165) is 10.9 Å². The maximum Gasteiger partial charge on any atom is 0.335 e. The van der Waals surface area contributed by atoms with Gasteiger partial charge in [-0.1, -0.05) is 6.07 Å². The van der Waals surface area contributed by atoms with Crippen molar-refractivity contribution < 1.29 is 9.90 Å². The van der Waals surface area contributed by atoms with Gasteiger partial charge in [-0.15, -0.1) is 0 Å². The molecule has 1 aromatic carbocycles. The van der Waals surface area contributed by atoms with Crippen molar-refractivity contribution in [3.05, 3.63) is 54.4 Å². The van der Waals surface area contributed by atoms with Gasteiger partial charge in [0.15, 0.2) is 5.82 Å². The highest BCUT2D eigenvalue weighted by Gasteiger charge is 2.08. The Kier molecular flexibility index (Phi) is 2.30. The molecule has 2 aromatic heterocycles. The van der Waals surface area contributed by atoms with Gasteiger partial charge in [-0.05, 0) is 30.3 Å². The van der Waals surface area contributed by atoms with Crippen LogP contribution >= 0.6 is 0 Å². The van der Waals surface area contributed by atoms with Gasteiger partial charge in [0.25, 0.3) is 0 Å². The number of carbonyl (C=O) groups is 1.